The molecule has 2 aromatic heterocycles. The lowest BCUT2D eigenvalue weighted by Crippen LogP contribution is -2.47. The predicted octanol–water partition coefficient (Wildman–Crippen LogP) is 4.61. The van der Waals surface area contributed by atoms with Crippen LogP contribution in [0.25, 0.3) is 22.3 Å². The summed E-state index contributed by atoms with van der Waals surface area (Å²) in [4.78, 5) is 16.4. The first-order chi connectivity index (χ1) is 15.2. The lowest BCUT2D eigenvalue weighted by molar-refractivity contribution is 0.0965. The van der Waals surface area contributed by atoms with Gasteiger partial charge in [0.05, 0.1) is 11.4 Å². The SMILES string of the molecule is CC(C)N1CCC(N2CCCN(c3cccc(-c4cc5ccccc5[nH]4)n3)CC2)CC1. The second-order valence-corrected chi connectivity index (χ2v) is 9.39. The monoisotopic (exact) mass is 417 g/mol. The van der Waals surface area contributed by atoms with E-state index in [4.69, 9.17) is 4.98 Å². The standard InChI is InChI=1S/C26H35N5/c1-20(2)29-15-11-22(12-16-29)30-13-6-14-31(18-17-30)26-10-5-9-24(28-26)25-19-21-7-3-4-8-23(21)27-25/h3-5,7-10,19-20,22,27H,6,11-18H2,1-2H3. The predicted molar refractivity (Wildman–Crippen MR) is 130 cm³/mol. The van der Waals surface area contributed by atoms with Gasteiger partial charge in [-0.3, -0.25) is 4.90 Å². The Labute approximate surface area is 186 Å². The van der Waals surface area contributed by atoms with Gasteiger partial charge in [-0.25, -0.2) is 4.98 Å². The van der Waals surface area contributed by atoms with E-state index in [-0.39, 0.29) is 0 Å². The summed E-state index contributed by atoms with van der Waals surface area (Å²) >= 11 is 0. The molecule has 0 aliphatic carbocycles. The highest BCUT2D eigenvalue weighted by atomic mass is 15.3. The smallest absolute Gasteiger partial charge is 0.129 e. The van der Waals surface area contributed by atoms with E-state index in [1.54, 1.807) is 0 Å². The molecule has 2 saturated heterocycles. The molecule has 1 aromatic carbocycles. The number of likely N-dealkylation sites (tertiary alicyclic amines) is 1. The number of para-hydroxylation sites is 1. The van der Waals surface area contributed by atoms with Crippen LogP contribution in [0.4, 0.5) is 5.82 Å². The highest BCUT2D eigenvalue weighted by Gasteiger charge is 2.27. The van der Waals surface area contributed by atoms with Crippen molar-refractivity contribution in [2.75, 3.05) is 44.2 Å². The zero-order valence-electron chi connectivity index (χ0n) is 18.9. The second kappa shape index (κ2) is 9.01. The van der Waals surface area contributed by atoms with Gasteiger partial charge in [0.15, 0.2) is 0 Å². The highest BCUT2D eigenvalue weighted by Crippen LogP contribution is 2.26. The maximum absolute atomic E-state index is 5.04. The summed E-state index contributed by atoms with van der Waals surface area (Å²) in [5.74, 6) is 1.10. The van der Waals surface area contributed by atoms with Crippen molar-refractivity contribution in [3.63, 3.8) is 0 Å². The van der Waals surface area contributed by atoms with E-state index in [0.717, 1.165) is 42.9 Å². The summed E-state index contributed by atoms with van der Waals surface area (Å²) in [6.07, 6.45) is 3.83. The number of hydrogen-bond donors (Lipinski definition) is 1. The normalized spacial score (nSPS) is 19.9. The van der Waals surface area contributed by atoms with Crippen LogP contribution < -0.4 is 4.90 Å². The summed E-state index contributed by atoms with van der Waals surface area (Å²) in [7, 11) is 0. The molecular formula is C26H35N5. The Morgan fingerprint density at radius 2 is 1.74 bits per heavy atom. The van der Waals surface area contributed by atoms with E-state index in [2.05, 4.69) is 82.1 Å². The van der Waals surface area contributed by atoms with Crippen molar-refractivity contribution in [3.8, 4) is 11.4 Å². The third-order valence-corrected chi connectivity index (χ3v) is 7.14. The van der Waals surface area contributed by atoms with E-state index in [9.17, 15) is 0 Å². The van der Waals surface area contributed by atoms with Crippen LogP contribution in [-0.2, 0) is 0 Å². The molecule has 2 aliphatic heterocycles. The number of H-pyrrole nitrogens is 1. The Morgan fingerprint density at radius 3 is 2.55 bits per heavy atom. The molecule has 2 fully saturated rings. The van der Waals surface area contributed by atoms with Crippen LogP contribution in [0, 0.1) is 0 Å². The van der Waals surface area contributed by atoms with Gasteiger partial charge >= 0.3 is 0 Å². The van der Waals surface area contributed by atoms with Gasteiger partial charge in [-0.1, -0.05) is 24.3 Å². The average molecular weight is 418 g/mol. The Bertz CT molecular complexity index is 969. The maximum Gasteiger partial charge on any atom is 0.129 e. The molecule has 0 saturated carbocycles. The fraction of sp³-hybridized carbons (Fsp3) is 0.500. The number of piperidine rings is 1. The molecule has 5 rings (SSSR count). The lowest BCUT2D eigenvalue weighted by atomic mass is 10.0. The third-order valence-electron chi connectivity index (χ3n) is 7.14. The molecule has 0 unspecified atom stereocenters. The minimum atomic E-state index is 0.677. The molecule has 4 heterocycles. The fourth-order valence-electron chi connectivity index (χ4n) is 5.26. The number of aromatic nitrogens is 2. The molecular weight excluding hydrogens is 382 g/mol. The van der Waals surface area contributed by atoms with Gasteiger partial charge in [0, 0.05) is 49.2 Å². The Kier molecular flexibility index (Phi) is 5.97. The largest absolute Gasteiger partial charge is 0.355 e. The molecule has 0 bridgehead atoms. The number of hydrogen-bond acceptors (Lipinski definition) is 4. The first-order valence-corrected chi connectivity index (χ1v) is 12.0. The van der Waals surface area contributed by atoms with Crippen molar-refractivity contribution in [3.05, 3.63) is 48.5 Å². The van der Waals surface area contributed by atoms with Gasteiger partial charge in [-0.05, 0) is 70.5 Å². The average Bonchev–Trinajstić information content (AvgIpc) is 3.09. The Hall–Kier alpha value is -2.37. The van der Waals surface area contributed by atoms with Crippen molar-refractivity contribution < 1.29 is 0 Å². The van der Waals surface area contributed by atoms with Crippen molar-refractivity contribution in [2.24, 2.45) is 0 Å². The number of nitrogens with one attached hydrogen (secondary N) is 1. The quantitative estimate of drug-likeness (QED) is 0.673. The number of anilines is 1. The number of pyridine rings is 1. The van der Waals surface area contributed by atoms with Crippen molar-refractivity contribution >= 4 is 16.7 Å². The van der Waals surface area contributed by atoms with Crippen molar-refractivity contribution in [1.29, 1.82) is 0 Å². The molecule has 31 heavy (non-hydrogen) atoms. The van der Waals surface area contributed by atoms with Crippen LogP contribution in [-0.4, -0.2) is 71.1 Å². The highest BCUT2D eigenvalue weighted by molar-refractivity contribution is 5.85. The lowest BCUT2D eigenvalue weighted by Gasteiger charge is -2.39. The summed E-state index contributed by atoms with van der Waals surface area (Å²) in [5, 5.41) is 1.23. The van der Waals surface area contributed by atoms with Gasteiger partial charge < -0.3 is 14.8 Å². The van der Waals surface area contributed by atoms with E-state index >= 15 is 0 Å². The molecule has 0 amide bonds. The summed E-state index contributed by atoms with van der Waals surface area (Å²) < 4.78 is 0. The van der Waals surface area contributed by atoms with Crippen LogP contribution in [0.5, 0.6) is 0 Å². The van der Waals surface area contributed by atoms with E-state index in [0.29, 0.717) is 6.04 Å². The second-order valence-electron chi connectivity index (χ2n) is 9.39. The Morgan fingerprint density at radius 1 is 0.903 bits per heavy atom. The van der Waals surface area contributed by atoms with Crippen LogP contribution in [0.3, 0.4) is 0 Å². The van der Waals surface area contributed by atoms with E-state index in [1.165, 1.54) is 49.8 Å². The zero-order chi connectivity index (χ0) is 21.2. The summed E-state index contributed by atoms with van der Waals surface area (Å²) in [5.41, 5.74) is 3.28. The molecule has 0 radical (unpaired) electrons. The van der Waals surface area contributed by atoms with Crippen LogP contribution in [0.15, 0.2) is 48.5 Å². The maximum atomic E-state index is 5.04. The van der Waals surface area contributed by atoms with Gasteiger partial charge in [-0.2, -0.15) is 0 Å². The summed E-state index contributed by atoms with van der Waals surface area (Å²) in [6.45, 7) is 11.6. The first kappa shape index (κ1) is 20.5. The van der Waals surface area contributed by atoms with Crippen molar-refractivity contribution in [1.82, 2.24) is 19.8 Å². The first-order valence-electron chi connectivity index (χ1n) is 12.0. The molecule has 164 valence electrons. The van der Waals surface area contributed by atoms with Gasteiger partial charge in [0.2, 0.25) is 0 Å². The molecule has 1 N–H and O–H groups in total. The van der Waals surface area contributed by atoms with Crippen LogP contribution >= 0.6 is 0 Å². The minimum Gasteiger partial charge on any atom is -0.355 e. The topological polar surface area (TPSA) is 38.4 Å². The molecule has 3 aromatic rings. The van der Waals surface area contributed by atoms with Crippen LogP contribution in [0.1, 0.15) is 33.1 Å². The number of nitrogens with zero attached hydrogens (tertiary/aromatic N) is 4. The third kappa shape index (κ3) is 4.48. The van der Waals surface area contributed by atoms with Gasteiger partial charge in [0.25, 0.3) is 0 Å². The molecule has 2 aliphatic rings. The number of fused-ring (bicyclic) bond motifs is 1. The number of benzene rings is 1. The number of aromatic amines is 1. The summed E-state index contributed by atoms with van der Waals surface area (Å²) in [6, 6.07) is 18.5. The number of rotatable bonds is 4. The minimum absolute atomic E-state index is 0.677. The molecule has 0 spiro atoms. The molecule has 0 atom stereocenters. The van der Waals surface area contributed by atoms with E-state index in [1.807, 2.05) is 0 Å². The molecule has 5 nitrogen and oxygen atoms in total. The van der Waals surface area contributed by atoms with Gasteiger partial charge in [-0.15, -0.1) is 0 Å². The molecule has 5 heteroatoms. The Balaban J connectivity index is 1.26. The van der Waals surface area contributed by atoms with Crippen LogP contribution in [0.2, 0.25) is 0 Å². The van der Waals surface area contributed by atoms with Crippen molar-refractivity contribution in [2.45, 2.75) is 45.2 Å². The zero-order valence-corrected chi connectivity index (χ0v) is 18.9. The van der Waals surface area contributed by atoms with Gasteiger partial charge in [0.1, 0.15) is 5.82 Å². The fourth-order valence-corrected chi connectivity index (χ4v) is 5.26. The van der Waals surface area contributed by atoms with E-state index < -0.39 is 0 Å².